The molecule has 25 heavy (non-hydrogen) atoms. The van der Waals surface area contributed by atoms with E-state index in [1.165, 1.54) is 29.8 Å². The third kappa shape index (κ3) is 3.18. The first kappa shape index (κ1) is 16.3. The van der Waals surface area contributed by atoms with Crippen molar-refractivity contribution >= 4 is 56.3 Å². The van der Waals surface area contributed by atoms with Crippen LogP contribution in [-0.4, -0.2) is 9.97 Å². The maximum absolute atomic E-state index is 13.2. The van der Waals surface area contributed by atoms with Gasteiger partial charge in [-0.05, 0) is 35.9 Å². The van der Waals surface area contributed by atoms with Crippen LogP contribution < -0.4 is 5.32 Å². The lowest BCUT2D eigenvalue weighted by atomic mass is 10.1. The Kier molecular flexibility index (Phi) is 4.29. The fourth-order valence-corrected chi connectivity index (χ4v) is 3.79. The van der Waals surface area contributed by atoms with E-state index in [1.54, 1.807) is 30.3 Å². The van der Waals surface area contributed by atoms with Gasteiger partial charge in [-0.1, -0.05) is 35.3 Å². The van der Waals surface area contributed by atoms with E-state index in [-0.39, 0.29) is 5.82 Å². The molecule has 2 aromatic carbocycles. The summed E-state index contributed by atoms with van der Waals surface area (Å²) < 4.78 is 13.2. The number of hydrogen-bond donors (Lipinski definition) is 1. The van der Waals surface area contributed by atoms with Crippen LogP contribution in [0.3, 0.4) is 0 Å². The number of aromatic nitrogens is 2. The Morgan fingerprint density at radius 2 is 1.80 bits per heavy atom. The fraction of sp³-hybridized carbons (Fsp3) is 0. The van der Waals surface area contributed by atoms with Gasteiger partial charge in [0, 0.05) is 16.0 Å². The van der Waals surface area contributed by atoms with Gasteiger partial charge in [-0.2, -0.15) is 0 Å². The van der Waals surface area contributed by atoms with Gasteiger partial charge in [0.05, 0.1) is 16.1 Å². The first-order valence-electron chi connectivity index (χ1n) is 7.32. The van der Waals surface area contributed by atoms with E-state index < -0.39 is 0 Å². The first-order valence-corrected chi connectivity index (χ1v) is 8.95. The molecule has 7 heteroatoms. The predicted molar refractivity (Wildman–Crippen MR) is 103 cm³/mol. The summed E-state index contributed by atoms with van der Waals surface area (Å²) in [6.07, 6.45) is 1.49. The highest BCUT2D eigenvalue weighted by molar-refractivity contribution is 7.17. The summed E-state index contributed by atoms with van der Waals surface area (Å²) in [5.74, 6) is 0.346. The average molecular weight is 390 g/mol. The topological polar surface area (TPSA) is 37.8 Å². The van der Waals surface area contributed by atoms with E-state index in [2.05, 4.69) is 15.3 Å². The van der Waals surface area contributed by atoms with Gasteiger partial charge < -0.3 is 5.32 Å². The Morgan fingerprint density at radius 3 is 2.60 bits per heavy atom. The van der Waals surface area contributed by atoms with Gasteiger partial charge in [0.1, 0.15) is 22.8 Å². The third-order valence-electron chi connectivity index (χ3n) is 3.71. The Bertz CT molecular complexity index is 1060. The van der Waals surface area contributed by atoms with Crippen molar-refractivity contribution in [3.05, 3.63) is 70.0 Å². The number of anilines is 2. The maximum atomic E-state index is 13.2. The van der Waals surface area contributed by atoms with Crippen molar-refractivity contribution in [1.82, 2.24) is 9.97 Å². The summed E-state index contributed by atoms with van der Waals surface area (Å²) in [6, 6.07) is 11.5. The molecule has 2 aromatic heterocycles. The number of nitrogens with one attached hydrogen (secondary N) is 1. The molecule has 4 aromatic rings. The van der Waals surface area contributed by atoms with E-state index in [0.717, 1.165) is 21.3 Å². The predicted octanol–water partition coefficient (Wildman–Crippen LogP) is 6.55. The fourth-order valence-electron chi connectivity index (χ4n) is 2.53. The number of hydrogen-bond acceptors (Lipinski definition) is 4. The van der Waals surface area contributed by atoms with Gasteiger partial charge in [-0.3, -0.25) is 0 Å². The molecular weight excluding hydrogens is 380 g/mol. The van der Waals surface area contributed by atoms with E-state index in [0.29, 0.717) is 21.6 Å². The standard InChI is InChI=1S/C18H10Cl2FN3S/c19-11-3-6-14(20)15(7-11)24-17-16-13(8-25-18(16)23-9-22-17)10-1-4-12(21)5-2-10/h1-9H,(H,22,23,24). The quantitative estimate of drug-likeness (QED) is 0.431. The van der Waals surface area contributed by atoms with Crippen LogP contribution in [0, 0.1) is 5.82 Å². The van der Waals surface area contributed by atoms with Crippen LogP contribution in [-0.2, 0) is 0 Å². The van der Waals surface area contributed by atoms with Crippen LogP contribution in [0.15, 0.2) is 54.2 Å². The van der Waals surface area contributed by atoms with Crippen LogP contribution in [0.1, 0.15) is 0 Å². The normalized spacial score (nSPS) is 11.0. The van der Waals surface area contributed by atoms with Gasteiger partial charge in [-0.15, -0.1) is 11.3 Å². The number of fused-ring (bicyclic) bond motifs is 1. The molecule has 0 saturated heterocycles. The van der Waals surface area contributed by atoms with Crippen LogP contribution in [0.25, 0.3) is 21.3 Å². The zero-order valence-corrected chi connectivity index (χ0v) is 15.0. The molecule has 4 rings (SSSR count). The molecular formula is C18H10Cl2FN3S. The van der Waals surface area contributed by atoms with E-state index in [4.69, 9.17) is 23.2 Å². The maximum Gasteiger partial charge on any atom is 0.143 e. The van der Waals surface area contributed by atoms with Crippen molar-refractivity contribution in [1.29, 1.82) is 0 Å². The van der Waals surface area contributed by atoms with Crippen LogP contribution in [0.5, 0.6) is 0 Å². The summed E-state index contributed by atoms with van der Waals surface area (Å²) in [4.78, 5) is 9.51. The molecule has 1 N–H and O–H groups in total. The number of rotatable bonds is 3. The van der Waals surface area contributed by atoms with Crippen LogP contribution >= 0.6 is 34.5 Å². The van der Waals surface area contributed by atoms with Gasteiger partial charge in [0.15, 0.2) is 0 Å². The minimum absolute atomic E-state index is 0.274. The summed E-state index contributed by atoms with van der Waals surface area (Å²) in [5.41, 5.74) is 2.48. The summed E-state index contributed by atoms with van der Waals surface area (Å²) in [7, 11) is 0. The zero-order valence-electron chi connectivity index (χ0n) is 12.6. The first-order chi connectivity index (χ1) is 12.1. The lowest BCUT2D eigenvalue weighted by molar-refractivity contribution is 0.628. The molecule has 0 aliphatic rings. The molecule has 2 heterocycles. The SMILES string of the molecule is Fc1ccc(-c2csc3ncnc(Nc4cc(Cl)ccc4Cl)c23)cc1. The van der Waals surface area contributed by atoms with Crippen molar-refractivity contribution in [2.75, 3.05) is 5.32 Å². The average Bonchev–Trinajstić information content (AvgIpc) is 3.04. The third-order valence-corrected chi connectivity index (χ3v) is 5.16. The monoisotopic (exact) mass is 389 g/mol. The van der Waals surface area contributed by atoms with Crippen LogP contribution in [0.4, 0.5) is 15.9 Å². The second kappa shape index (κ2) is 6.59. The lowest BCUT2D eigenvalue weighted by Gasteiger charge is -2.10. The molecule has 0 aliphatic carbocycles. The molecule has 124 valence electrons. The van der Waals surface area contributed by atoms with Crippen molar-refractivity contribution in [2.45, 2.75) is 0 Å². The lowest BCUT2D eigenvalue weighted by Crippen LogP contribution is -1.96. The van der Waals surface area contributed by atoms with Crippen molar-refractivity contribution in [3.8, 4) is 11.1 Å². The van der Waals surface area contributed by atoms with Gasteiger partial charge in [0.25, 0.3) is 0 Å². The van der Waals surface area contributed by atoms with Gasteiger partial charge in [0.2, 0.25) is 0 Å². The molecule has 0 saturated carbocycles. The van der Waals surface area contributed by atoms with Crippen molar-refractivity contribution in [3.63, 3.8) is 0 Å². The molecule has 0 atom stereocenters. The largest absolute Gasteiger partial charge is 0.338 e. The minimum Gasteiger partial charge on any atom is -0.338 e. The number of nitrogens with zero attached hydrogens (tertiary/aromatic N) is 2. The Balaban J connectivity index is 1.85. The Morgan fingerprint density at radius 1 is 1.00 bits per heavy atom. The van der Waals surface area contributed by atoms with Gasteiger partial charge in [-0.25, -0.2) is 14.4 Å². The molecule has 3 nitrogen and oxygen atoms in total. The summed E-state index contributed by atoms with van der Waals surface area (Å²) in [6.45, 7) is 0. The highest BCUT2D eigenvalue weighted by atomic mass is 35.5. The second-order valence-corrected chi connectivity index (χ2v) is 7.01. The van der Waals surface area contributed by atoms with Crippen molar-refractivity contribution in [2.24, 2.45) is 0 Å². The highest BCUT2D eigenvalue weighted by Gasteiger charge is 2.14. The summed E-state index contributed by atoms with van der Waals surface area (Å²) in [5, 5.41) is 7.18. The summed E-state index contributed by atoms with van der Waals surface area (Å²) >= 11 is 13.8. The molecule has 0 bridgehead atoms. The highest BCUT2D eigenvalue weighted by Crippen LogP contribution is 2.38. The smallest absolute Gasteiger partial charge is 0.143 e. The van der Waals surface area contributed by atoms with E-state index >= 15 is 0 Å². The molecule has 0 aliphatic heterocycles. The van der Waals surface area contributed by atoms with Crippen LogP contribution in [0.2, 0.25) is 10.0 Å². The van der Waals surface area contributed by atoms with Gasteiger partial charge >= 0.3 is 0 Å². The number of halogens is 3. The van der Waals surface area contributed by atoms with Crippen molar-refractivity contribution < 1.29 is 4.39 Å². The Labute approximate surface area is 157 Å². The molecule has 0 amide bonds. The second-order valence-electron chi connectivity index (χ2n) is 5.31. The number of thiophene rings is 1. The zero-order chi connectivity index (χ0) is 17.4. The Hall–Kier alpha value is -2.21. The minimum atomic E-state index is -0.274. The van der Waals surface area contributed by atoms with E-state index in [1.807, 2.05) is 5.38 Å². The molecule has 0 spiro atoms. The molecule has 0 unspecified atom stereocenters. The van der Waals surface area contributed by atoms with E-state index in [9.17, 15) is 4.39 Å². The molecule has 0 radical (unpaired) electrons. The number of benzene rings is 2. The molecule has 0 fully saturated rings.